The predicted octanol–water partition coefficient (Wildman–Crippen LogP) is 3.53. The van der Waals surface area contributed by atoms with Gasteiger partial charge in [-0.1, -0.05) is 66.7 Å². The first-order chi connectivity index (χ1) is 10.1. The van der Waals surface area contributed by atoms with E-state index in [0.717, 1.165) is 16.7 Å². The van der Waals surface area contributed by atoms with Crippen LogP contribution in [0.25, 0.3) is 17.2 Å². The van der Waals surface area contributed by atoms with Crippen LogP contribution >= 0.6 is 0 Å². The van der Waals surface area contributed by atoms with E-state index in [1.807, 2.05) is 48.5 Å². The molecule has 2 aromatic rings. The van der Waals surface area contributed by atoms with Gasteiger partial charge in [-0.05, 0) is 23.6 Å². The summed E-state index contributed by atoms with van der Waals surface area (Å²) in [5.74, 6) is 0. The second kappa shape index (κ2) is 6.72. The highest BCUT2D eigenvalue weighted by Gasteiger charge is 2.11. The summed E-state index contributed by atoms with van der Waals surface area (Å²) in [5.41, 5.74) is 8.28. The lowest BCUT2D eigenvalue weighted by Crippen LogP contribution is -2.38. The minimum absolute atomic E-state index is 0.476. The number of nitrogens with two attached hydrogens (primary N) is 1. The molecule has 2 rings (SSSR count). The van der Waals surface area contributed by atoms with E-state index < -0.39 is 12.1 Å². The Balaban J connectivity index is 2.08. The molecule has 108 valence electrons. The van der Waals surface area contributed by atoms with Gasteiger partial charge in [0.15, 0.2) is 0 Å². The third-order valence-corrected chi connectivity index (χ3v) is 3.20. The lowest BCUT2D eigenvalue weighted by molar-refractivity contribution is -0.0560. The van der Waals surface area contributed by atoms with Gasteiger partial charge in [-0.2, -0.15) is 5.06 Å². The van der Waals surface area contributed by atoms with Crippen LogP contribution in [0.1, 0.15) is 12.5 Å². The summed E-state index contributed by atoms with van der Waals surface area (Å²) < 4.78 is 0. The molecule has 0 aliphatic rings. The van der Waals surface area contributed by atoms with E-state index in [9.17, 15) is 10.0 Å². The Bertz CT molecular complexity index is 621. The monoisotopic (exact) mass is 282 g/mol. The van der Waals surface area contributed by atoms with Gasteiger partial charge in [0.25, 0.3) is 0 Å². The van der Waals surface area contributed by atoms with Crippen molar-refractivity contribution in [1.29, 1.82) is 0 Å². The second-order valence-electron chi connectivity index (χ2n) is 4.77. The van der Waals surface area contributed by atoms with Gasteiger partial charge in [0, 0.05) is 0 Å². The molecule has 2 amide bonds. The molecule has 0 aliphatic carbocycles. The number of benzene rings is 2. The van der Waals surface area contributed by atoms with Crippen LogP contribution < -0.4 is 5.73 Å². The minimum atomic E-state index is -0.869. The van der Waals surface area contributed by atoms with Crippen molar-refractivity contribution < 1.29 is 10.0 Å². The summed E-state index contributed by atoms with van der Waals surface area (Å²) in [7, 11) is 0. The van der Waals surface area contributed by atoms with Gasteiger partial charge in [0.2, 0.25) is 0 Å². The summed E-state index contributed by atoms with van der Waals surface area (Å²) in [6.45, 7) is 1.68. The first-order valence-electron chi connectivity index (χ1n) is 6.69. The van der Waals surface area contributed by atoms with E-state index >= 15 is 0 Å². The molecule has 0 saturated carbocycles. The molecule has 0 spiro atoms. The molecule has 4 heteroatoms. The first kappa shape index (κ1) is 14.8. The Morgan fingerprint density at radius 2 is 1.67 bits per heavy atom. The molecule has 1 atom stereocenters. The summed E-state index contributed by atoms with van der Waals surface area (Å²) >= 11 is 0. The summed E-state index contributed by atoms with van der Waals surface area (Å²) in [5, 5.41) is 9.87. The Hall–Kier alpha value is -2.59. The zero-order valence-corrected chi connectivity index (χ0v) is 11.8. The van der Waals surface area contributed by atoms with Crippen LogP contribution in [-0.2, 0) is 0 Å². The molecule has 0 unspecified atom stereocenters. The van der Waals surface area contributed by atoms with Crippen molar-refractivity contribution in [3.05, 3.63) is 66.2 Å². The molecule has 0 aromatic heterocycles. The number of carbonyl (C=O) groups is 1. The molecule has 3 N–H and O–H groups in total. The Labute approximate surface area is 124 Å². The van der Waals surface area contributed by atoms with Crippen molar-refractivity contribution in [3.8, 4) is 11.1 Å². The van der Waals surface area contributed by atoms with E-state index in [-0.39, 0.29) is 0 Å². The topological polar surface area (TPSA) is 66.6 Å². The Morgan fingerprint density at radius 3 is 2.24 bits per heavy atom. The lowest BCUT2D eigenvalue weighted by atomic mass is 10.0. The van der Waals surface area contributed by atoms with E-state index in [4.69, 9.17) is 5.73 Å². The number of hydroxylamine groups is 2. The minimum Gasteiger partial charge on any atom is -0.350 e. The van der Waals surface area contributed by atoms with Crippen LogP contribution in [-0.4, -0.2) is 22.3 Å². The van der Waals surface area contributed by atoms with Gasteiger partial charge in [0.1, 0.15) is 0 Å². The van der Waals surface area contributed by atoms with Gasteiger partial charge in [-0.25, -0.2) is 4.79 Å². The number of primary amides is 1. The summed E-state index contributed by atoms with van der Waals surface area (Å²) in [6, 6.07) is 16.8. The number of hydrogen-bond donors (Lipinski definition) is 2. The average Bonchev–Trinajstić information content (AvgIpc) is 2.53. The van der Waals surface area contributed by atoms with Crippen LogP contribution in [0.3, 0.4) is 0 Å². The van der Waals surface area contributed by atoms with E-state index in [0.29, 0.717) is 5.06 Å². The van der Waals surface area contributed by atoms with Crippen molar-refractivity contribution in [2.24, 2.45) is 5.73 Å². The fourth-order valence-corrected chi connectivity index (χ4v) is 1.95. The Kier molecular flexibility index (Phi) is 4.74. The number of urea groups is 1. The van der Waals surface area contributed by atoms with Gasteiger partial charge in [-0.15, -0.1) is 0 Å². The van der Waals surface area contributed by atoms with Crippen molar-refractivity contribution in [2.75, 3.05) is 0 Å². The molecule has 0 radical (unpaired) electrons. The number of hydrogen-bond acceptors (Lipinski definition) is 2. The third kappa shape index (κ3) is 3.94. The van der Waals surface area contributed by atoms with Crippen molar-refractivity contribution >= 4 is 12.1 Å². The third-order valence-electron chi connectivity index (χ3n) is 3.20. The largest absolute Gasteiger partial charge is 0.350 e. The number of carbonyl (C=O) groups excluding carboxylic acids is 1. The van der Waals surface area contributed by atoms with Crippen molar-refractivity contribution in [2.45, 2.75) is 13.0 Å². The highest BCUT2D eigenvalue weighted by Crippen LogP contribution is 2.19. The maximum Gasteiger partial charge on any atom is 0.339 e. The molecular weight excluding hydrogens is 264 g/mol. The van der Waals surface area contributed by atoms with Crippen LogP contribution in [0, 0.1) is 0 Å². The van der Waals surface area contributed by atoms with E-state index in [1.54, 1.807) is 13.0 Å². The van der Waals surface area contributed by atoms with E-state index in [2.05, 4.69) is 12.1 Å². The molecule has 0 aliphatic heterocycles. The summed E-state index contributed by atoms with van der Waals surface area (Å²) in [4.78, 5) is 10.8. The molecule has 21 heavy (non-hydrogen) atoms. The fourth-order valence-electron chi connectivity index (χ4n) is 1.95. The van der Waals surface area contributed by atoms with Gasteiger partial charge in [-0.3, -0.25) is 5.21 Å². The number of rotatable bonds is 4. The Morgan fingerprint density at radius 1 is 1.10 bits per heavy atom. The molecule has 0 saturated heterocycles. The van der Waals surface area contributed by atoms with Crippen molar-refractivity contribution in [3.63, 3.8) is 0 Å². The molecule has 4 nitrogen and oxygen atoms in total. The number of amides is 2. The second-order valence-corrected chi connectivity index (χ2v) is 4.77. The lowest BCUT2D eigenvalue weighted by Gasteiger charge is -2.16. The van der Waals surface area contributed by atoms with Crippen LogP contribution in [0.2, 0.25) is 0 Å². The van der Waals surface area contributed by atoms with Gasteiger partial charge < -0.3 is 5.73 Å². The maximum absolute atomic E-state index is 10.8. The molecule has 0 heterocycles. The first-order valence-corrected chi connectivity index (χ1v) is 6.69. The van der Waals surface area contributed by atoms with Gasteiger partial charge >= 0.3 is 6.03 Å². The zero-order valence-electron chi connectivity index (χ0n) is 11.8. The van der Waals surface area contributed by atoms with Crippen LogP contribution in [0.4, 0.5) is 4.79 Å². The summed E-state index contributed by atoms with van der Waals surface area (Å²) in [6.07, 6.45) is 3.55. The highest BCUT2D eigenvalue weighted by molar-refractivity contribution is 5.71. The SMILES string of the molecule is C[C@H](C=Cc1ccc(-c2ccccc2)cc1)N(O)C(N)=O. The average molecular weight is 282 g/mol. The fraction of sp³-hybridized carbons (Fsp3) is 0.118. The molecule has 0 fully saturated rings. The normalized spacial score (nSPS) is 12.3. The quantitative estimate of drug-likeness (QED) is 0.665. The standard InChI is InChI=1S/C17H18N2O2/c1-13(19(21)17(18)20)7-8-14-9-11-16(12-10-14)15-5-3-2-4-6-15/h2-13,21H,1H3,(H2,18,20)/t13-/m1/s1. The zero-order chi connectivity index (χ0) is 15.2. The highest BCUT2D eigenvalue weighted by atomic mass is 16.5. The molecular formula is C17H18N2O2. The van der Waals surface area contributed by atoms with Crippen LogP contribution in [0.15, 0.2) is 60.7 Å². The maximum atomic E-state index is 10.8. The predicted molar refractivity (Wildman–Crippen MR) is 83.6 cm³/mol. The van der Waals surface area contributed by atoms with E-state index in [1.165, 1.54) is 0 Å². The smallest absolute Gasteiger partial charge is 0.339 e. The number of nitrogens with zero attached hydrogens (tertiary/aromatic N) is 1. The molecule has 0 bridgehead atoms. The van der Waals surface area contributed by atoms with Gasteiger partial charge in [0.05, 0.1) is 6.04 Å². The van der Waals surface area contributed by atoms with Crippen molar-refractivity contribution in [1.82, 2.24) is 5.06 Å². The van der Waals surface area contributed by atoms with Crippen LogP contribution in [0.5, 0.6) is 0 Å². The molecule has 2 aromatic carbocycles.